The Morgan fingerprint density at radius 3 is 2.60 bits per heavy atom. The Morgan fingerprint density at radius 2 is 1.95 bits per heavy atom. The molecule has 0 unspecified atom stereocenters. The highest BCUT2D eigenvalue weighted by molar-refractivity contribution is 5.56. The molecule has 5 nitrogen and oxygen atoms in total. The third-order valence-corrected chi connectivity index (χ3v) is 2.83. The van der Waals surface area contributed by atoms with Crippen LogP contribution >= 0.6 is 0 Å². The number of aryl methyl sites for hydroxylation is 1. The van der Waals surface area contributed by atoms with E-state index in [9.17, 15) is 14.5 Å². The third-order valence-electron chi connectivity index (χ3n) is 2.83. The van der Waals surface area contributed by atoms with Crippen LogP contribution in [-0.2, 0) is 6.42 Å². The van der Waals surface area contributed by atoms with E-state index in [2.05, 4.69) is 10.3 Å². The highest BCUT2D eigenvalue weighted by Crippen LogP contribution is 2.21. The van der Waals surface area contributed by atoms with Crippen LogP contribution in [0.3, 0.4) is 0 Å². The number of aromatic nitrogens is 1. The highest BCUT2D eigenvalue weighted by Gasteiger charge is 2.14. The van der Waals surface area contributed by atoms with Gasteiger partial charge in [-0.3, -0.25) is 10.1 Å². The first kappa shape index (κ1) is 13.9. The fraction of sp³-hybridized carbons (Fsp3) is 0.214. The molecule has 20 heavy (non-hydrogen) atoms. The minimum Gasteiger partial charge on any atom is -0.364 e. The van der Waals surface area contributed by atoms with Crippen molar-refractivity contribution in [2.24, 2.45) is 0 Å². The standard InChI is InChI=1S/C14H14FN3O2/c1-10-2-7-13(18(19)20)14(17-10)16-9-8-11-3-5-12(15)6-4-11/h2-7H,8-9H2,1H3,(H,16,17). The molecule has 0 atom stereocenters. The first-order valence-electron chi connectivity index (χ1n) is 6.16. The summed E-state index contributed by atoms with van der Waals surface area (Å²) in [5.41, 5.74) is 1.61. The quantitative estimate of drug-likeness (QED) is 0.672. The van der Waals surface area contributed by atoms with Crippen molar-refractivity contribution in [3.63, 3.8) is 0 Å². The number of nitrogens with one attached hydrogen (secondary N) is 1. The molecular weight excluding hydrogens is 261 g/mol. The van der Waals surface area contributed by atoms with Crippen molar-refractivity contribution in [1.29, 1.82) is 0 Å². The Labute approximate surface area is 115 Å². The lowest BCUT2D eigenvalue weighted by molar-refractivity contribution is -0.384. The Morgan fingerprint density at radius 1 is 1.25 bits per heavy atom. The van der Waals surface area contributed by atoms with E-state index < -0.39 is 4.92 Å². The summed E-state index contributed by atoms with van der Waals surface area (Å²) in [5, 5.41) is 13.8. The molecule has 0 aliphatic rings. The number of rotatable bonds is 5. The van der Waals surface area contributed by atoms with Gasteiger partial charge in [-0.2, -0.15) is 0 Å². The van der Waals surface area contributed by atoms with Gasteiger partial charge in [0.15, 0.2) is 0 Å². The minimum atomic E-state index is -0.466. The average Bonchev–Trinajstić information content (AvgIpc) is 2.41. The Hall–Kier alpha value is -2.50. The van der Waals surface area contributed by atoms with Gasteiger partial charge in [-0.15, -0.1) is 0 Å². The van der Waals surface area contributed by atoms with Crippen molar-refractivity contribution < 1.29 is 9.31 Å². The van der Waals surface area contributed by atoms with Crippen molar-refractivity contribution >= 4 is 11.5 Å². The van der Waals surface area contributed by atoms with Gasteiger partial charge in [-0.25, -0.2) is 9.37 Å². The molecule has 0 spiro atoms. The van der Waals surface area contributed by atoms with Gasteiger partial charge < -0.3 is 5.32 Å². The summed E-state index contributed by atoms with van der Waals surface area (Å²) in [4.78, 5) is 14.5. The van der Waals surface area contributed by atoms with Gasteiger partial charge in [0, 0.05) is 18.3 Å². The van der Waals surface area contributed by atoms with Crippen LogP contribution in [0.2, 0.25) is 0 Å². The maximum absolute atomic E-state index is 12.8. The summed E-state index contributed by atoms with van der Waals surface area (Å²) in [6, 6.07) is 9.20. The fourth-order valence-corrected chi connectivity index (χ4v) is 1.80. The molecule has 2 rings (SSSR count). The van der Waals surface area contributed by atoms with Crippen LogP contribution in [0.25, 0.3) is 0 Å². The second-order valence-electron chi connectivity index (χ2n) is 4.38. The number of pyridine rings is 1. The normalized spacial score (nSPS) is 10.3. The van der Waals surface area contributed by atoms with Crippen molar-refractivity contribution in [3.8, 4) is 0 Å². The average molecular weight is 275 g/mol. The molecule has 0 radical (unpaired) electrons. The molecule has 0 amide bonds. The number of nitro groups is 1. The summed E-state index contributed by atoms with van der Waals surface area (Å²) in [6.45, 7) is 2.26. The third kappa shape index (κ3) is 3.50. The zero-order chi connectivity index (χ0) is 14.5. The van der Waals surface area contributed by atoms with E-state index in [1.807, 2.05) is 0 Å². The predicted octanol–water partition coefficient (Wildman–Crippen LogP) is 3.09. The first-order chi connectivity index (χ1) is 9.56. The number of benzene rings is 1. The number of anilines is 1. The van der Waals surface area contributed by atoms with E-state index >= 15 is 0 Å². The Bertz CT molecular complexity index is 614. The van der Waals surface area contributed by atoms with Crippen molar-refractivity contribution in [2.45, 2.75) is 13.3 Å². The molecule has 1 aromatic carbocycles. The van der Waals surface area contributed by atoms with E-state index in [-0.39, 0.29) is 17.3 Å². The van der Waals surface area contributed by atoms with E-state index in [1.54, 1.807) is 25.1 Å². The van der Waals surface area contributed by atoms with E-state index in [0.717, 1.165) is 5.56 Å². The van der Waals surface area contributed by atoms with Crippen LogP contribution in [0.1, 0.15) is 11.3 Å². The van der Waals surface area contributed by atoms with Gasteiger partial charge in [0.2, 0.25) is 5.82 Å². The molecule has 0 aliphatic heterocycles. The lowest BCUT2D eigenvalue weighted by Gasteiger charge is -2.07. The zero-order valence-corrected chi connectivity index (χ0v) is 11.0. The second-order valence-corrected chi connectivity index (χ2v) is 4.38. The van der Waals surface area contributed by atoms with E-state index in [1.165, 1.54) is 18.2 Å². The molecule has 0 saturated heterocycles. The van der Waals surface area contributed by atoms with Gasteiger partial charge in [0.1, 0.15) is 5.82 Å². The monoisotopic (exact) mass is 275 g/mol. The van der Waals surface area contributed by atoms with Gasteiger partial charge in [-0.1, -0.05) is 12.1 Å². The number of halogens is 1. The van der Waals surface area contributed by atoms with Crippen LogP contribution in [0.5, 0.6) is 0 Å². The highest BCUT2D eigenvalue weighted by atomic mass is 19.1. The first-order valence-corrected chi connectivity index (χ1v) is 6.16. The lowest BCUT2D eigenvalue weighted by Crippen LogP contribution is -2.09. The van der Waals surface area contributed by atoms with Crippen LogP contribution in [0.4, 0.5) is 15.9 Å². The molecule has 104 valence electrons. The summed E-state index contributed by atoms with van der Waals surface area (Å²) in [5.74, 6) is -0.0187. The van der Waals surface area contributed by atoms with Crippen molar-refractivity contribution in [2.75, 3.05) is 11.9 Å². The second kappa shape index (κ2) is 6.10. The zero-order valence-electron chi connectivity index (χ0n) is 11.0. The minimum absolute atomic E-state index is 0.0466. The Balaban J connectivity index is 2.02. The fourth-order valence-electron chi connectivity index (χ4n) is 1.80. The molecule has 1 aromatic heterocycles. The largest absolute Gasteiger partial charge is 0.364 e. The van der Waals surface area contributed by atoms with Gasteiger partial charge in [0.25, 0.3) is 0 Å². The van der Waals surface area contributed by atoms with Crippen LogP contribution in [0, 0.1) is 22.9 Å². The predicted molar refractivity (Wildman–Crippen MR) is 74.2 cm³/mol. The van der Waals surface area contributed by atoms with Crippen LogP contribution < -0.4 is 5.32 Å². The Kier molecular flexibility index (Phi) is 4.24. The molecule has 0 aliphatic carbocycles. The molecule has 0 bridgehead atoms. The van der Waals surface area contributed by atoms with Gasteiger partial charge in [0.05, 0.1) is 4.92 Å². The lowest BCUT2D eigenvalue weighted by atomic mass is 10.1. The number of hydrogen-bond acceptors (Lipinski definition) is 4. The maximum Gasteiger partial charge on any atom is 0.311 e. The summed E-state index contributed by atoms with van der Waals surface area (Å²) >= 11 is 0. The topological polar surface area (TPSA) is 68.1 Å². The molecular formula is C14H14FN3O2. The molecule has 0 saturated carbocycles. The van der Waals surface area contributed by atoms with Crippen molar-refractivity contribution in [3.05, 3.63) is 63.6 Å². The summed E-state index contributed by atoms with van der Waals surface area (Å²) in [6.07, 6.45) is 0.632. The van der Waals surface area contributed by atoms with Crippen molar-refractivity contribution in [1.82, 2.24) is 4.98 Å². The van der Waals surface area contributed by atoms with Crippen LogP contribution in [0.15, 0.2) is 36.4 Å². The number of nitrogens with zero attached hydrogens (tertiary/aromatic N) is 2. The molecule has 6 heteroatoms. The van der Waals surface area contributed by atoms with E-state index in [4.69, 9.17) is 0 Å². The number of hydrogen-bond donors (Lipinski definition) is 1. The van der Waals surface area contributed by atoms with Gasteiger partial charge in [-0.05, 0) is 37.1 Å². The molecule has 1 heterocycles. The summed E-state index contributed by atoms with van der Waals surface area (Å²) < 4.78 is 12.8. The summed E-state index contributed by atoms with van der Waals surface area (Å²) in [7, 11) is 0. The molecule has 1 N–H and O–H groups in total. The molecule has 2 aromatic rings. The van der Waals surface area contributed by atoms with Crippen LogP contribution in [-0.4, -0.2) is 16.5 Å². The van der Waals surface area contributed by atoms with E-state index in [0.29, 0.717) is 18.7 Å². The smallest absolute Gasteiger partial charge is 0.311 e. The molecule has 0 fully saturated rings. The SMILES string of the molecule is Cc1ccc([N+](=O)[O-])c(NCCc2ccc(F)cc2)n1. The maximum atomic E-state index is 12.8. The van der Waals surface area contributed by atoms with Gasteiger partial charge >= 0.3 is 5.69 Å².